The van der Waals surface area contributed by atoms with Crippen LogP contribution < -0.4 is 0 Å². The van der Waals surface area contributed by atoms with Gasteiger partial charge in [-0.2, -0.15) is 0 Å². The molecular formula is C15H14FNO. The number of aryl methyl sites for hydroxylation is 1. The highest BCUT2D eigenvalue weighted by molar-refractivity contribution is 6.00. The van der Waals surface area contributed by atoms with Crippen molar-refractivity contribution >= 4 is 5.78 Å². The largest absolute Gasteiger partial charge is 0.293 e. The molecule has 1 aromatic carbocycles. The van der Waals surface area contributed by atoms with Gasteiger partial charge in [0, 0.05) is 6.20 Å². The minimum absolute atomic E-state index is 0.124. The third-order valence-electron chi connectivity index (χ3n) is 2.91. The van der Waals surface area contributed by atoms with Crippen LogP contribution in [-0.2, 0) is 0 Å². The van der Waals surface area contributed by atoms with Gasteiger partial charge in [0.2, 0.25) is 0 Å². The first kappa shape index (κ1) is 12.4. The highest BCUT2D eigenvalue weighted by atomic mass is 19.1. The summed E-state index contributed by atoms with van der Waals surface area (Å²) in [6.45, 7) is 3.53. The number of benzene rings is 1. The molecule has 0 aliphatic heterocycles. The third-order valence-corrected chi connectivity index (χ3v) is 2.91. The summed E-state index contributed by atoms with van der Waals surface area (Å²) in [4.78, 5) is 16.3. The van der Waals surface area contributed by atoms with Gasteiger partial charge in [0.25, 0.3) is 0 Å². The summed E-state index contributed by atoms with van der Waals surface area (Å²) in [6.07, 6.45) is 1.63. The van der Waals surface area contributed by atoms with E-state index in [9.17, 15) is 9.18 Å². The van der Waals surface area contributed by atoms with Crippen LogP contribution in [0.1, 0.15) is 34.5 Å². The Balaban J connectivity index is 2.32. The van der Waals surface area contributed by atoms with Gasteiger partial charge in [-0.15, -0.1) is 0 Å². The van der Waals surface area contributed by atoms with Crippen molar-refractivity contribution in [3.63, 3.8) is 0 Å². The minimum Gasteiger partial charge on any atom is -0.293 e. The fourth-order valence-corrected chi connectivity index (χ4v) is 1.82. The zero-order valence-corrected chi connectivity index (χ0v) is 10.4. The Hall–Kier alpha value is -2.03. The molecule has 1 aromatic heterocycles. The minimum atomic E-state index is -0.470. The lowest BCUT2D eigenvalue weighted by Gasteiger charge is -2.10. The van der Waals surface area contributed by atoms with E-state index in [-0.39, 0.29) is 11.3 Å². The van der Waals surface area contributed by atoms with E-state index < -0.39 is 11.7 Å². The van der Waals surface area contributed by atoms with Crippen molar-refractivity contribution in [3.8, 4) is 0 Å². The molecule has 1 atom stereocenters. The lowest BCUT2D eigenvalue weighted by atomic mass is 9.95. The first-order valence-corrected chi connectivity index (χ1v) is 5.81. The molecule has 18 heavy (non-hydrogen) atoms. The van der Waals surface area contributed by atoms with E-state index in [4.69, 9.17) is 0 Å². The molecule has 0 aliphatic carbocycles. The van der Waals surface area contributed by atoms with Crippen LogP contribution in [0, 0.1) is 12.7 Å². The number of aromatic nitrogens is 1. The van der Waals surface area contributed by atoms with Crippen molar-refractivity contribution in [2.45, 2.75) is 19.8 Å². The monoisotopic (exact) mass is 243 g/mol. The summed E-state index contributed by atoms with van der Waals surface area (Å²) in [5.74, 6) is -1.16. The van der Waals surface area contributed by atoms with Gasteiger partial charge < -0.3 is 0 Å². The molecule has 0 N–H and O–H groups in total. The SMILES string of the molecule is Cc1ccc(C(=O)C(C)c2ccccn2)c(F)c1. The Morgan fingerprint density at radius 2 is 2.06 bits per heavy atom. The third kappa shape index (κ3) is 2.45. The van der Waals surface area contributed by atoms with Crippen LogP contribution in [0.4, 0.5) is 4.39 Å². The van der Waals surface area contributed by atoms with Crippen LogP contribution in [0.3, 0.4) is 0 Å². The van der Waals surface area contributed by atoms with Gasteiger partial charge in [-0.1, -0.05) is 12.1 Å². The fourth-order valence-electron chi connectivity index (χ4n) is 1.82. The van der Waals surface area contributed by atoms with Crippen LogP contribution >= 0.6 is 0 Å². The van der Waals surface area contributed by atoms with Crippen molar-refractivity contribution in [3.05, 3.63) is 65.2 Å². The Labute approximate surface area is 105 Å². The molecule has 2 rings (SSSR count). The molecule has 0 amide bonds. The van der Waals surface area contributed by atoms with Gasteiger partial charge in [0.05, 0.1) is 17.2 Å². The number of carbonyl (C=O) groups excluding carboxylic acids is 1. The normalized spacial score (nSPS) is 12.2. The molecule has 92 valence electrons. The van der Waals surface area contributed by atoms with E-state index in [1.165, 1.54) is 12.1 Å². The number of pyridine rings is 1. The van der Waals surface area contributed by atoms with E-state index in [1.54, 1.807) is 38.2 Å². The van der Waals surface area contributed by atoms with Crippen LogP contribution in [0.25, 0.3) is 0 Å². The number of hydrogen-bond acceptors (Lipinski definition) is 2. The molecule has 2 nitrogen and oxygen atoms in total. The molecule has 3 heteroatoms. The number of nitrogens with zero attached hydrogens (tertiary/aromatic N) is 1. The van der Waals surface area contributed by atoms with Crippen LogP contribution in [0.15, 0.2) is 42.6 Å². The topological polar surface area (TPSA) is 30.0 Å². The maximum absolute atomic E-state index is 13.7. The molecule has 0 spiro atoms. The quantitative estimate of drug-likeness (QED) is 0.772. The Morgan fingerprint density at radius 3 is 2.67 bits per heavy atom. The van der Waals surface area contributed by atoms with E-state index in [0.29, 0.717) is 5.69 Å². The predicted molar refractivity (Wildman–Crippen MR) is 68.1 cm³/mol. The van der Waals surface area contributed by atoms with Crippen LogP contribution in [0.5, 0.6) is 0 Å². The molecule has 0 radical (unpaired) electrons. The smallest absolute Gasteiger partial charge is 0.174 e. The standard InChI is InChI=1S/C15H14FNO/c1-10-6-7-12(13(16)9-10)15(18)11(2)14-5-3-4-8-17-14/h3-9,11H,1-2H3. The molecule has 0 fully saturated rings. The summed E-state index contributed by atoms with van der Waals surface area (Å²) in [6, 6.07) is 10.0. The fraction of sp³-hybridized carbons (Fsp3) is 0.200. The number of carbonyl (C=O) groups is 1. The molecule has 1 heterocycles. The molecule has 2 aromatic rings. The van der Waals surface area contributed by atoms with Gasteiger partial charge in [0.15, 0.2) is 5.78 Å². The second-order valence-electron chi connectivity index (χ2n) is 4.32. The first-order valence-electron chi connectivity index (χ1n) is 5.81. The predicted octanol–water partition coefficient (Wildman–Crippen LogP) is 3.52. The van der Waals surface area contributed by atoms with E-state index >= 15 is 0 Å². The molecule has 1 unspecified atom stereocenters. The van der Waals surface area contributed by atoms with Gasteiger partial charge >= 0.3 is 0 Å². The second kappa shape index (κ2) is 5.08. The number of hydrogen-bond donors (Lipinski definition) is 0. The van der Waals surface area contributed by atoms with Crippen molar-refractivity contribution in [1.29, 1.82) is 0 Å². The zero-order valence-electron chi connectivity index (χ0n) is 10.4. The zero-order chi connectivity index (χ0) is 13.1. The Kier molecular flexibility index (Phi) is 3.51. The van der Waals surface area contributed by atoms with Gasteiger partial charge in [-0.3, -0.25) is 9.78 Å². The summed E-state index contributed by atoms with van der Waals surface area (Å²) >= 11 is 0. The number of ketones is 1. The highest BCUT2D eigenvalue weighted by Gasteiger charge is 2.20. The van der Waals surface area contributed by atoms with Crippen molar-refractivity contribution in [2.24, 2.45) is 0 Å². The summed E-state index contributed by atoms with van der Waals surface area (Å²) in [5.41, 5.74) is 1.58. The summed E-state index contributed by atoms with van der Waals surface area (Å²) < 4.78 is 13.7. The van der Waals surface area contributed by atoms with Crippen LogP contribution in [-0.4, -0.2) is 10.8 Å². The van der Waals surface area contributed by atoms with Gasteiger partial charge in [-0.25, -0.2) is 4.39 Å². The van der Waals surface area contributed by atoms with E-state index in [0.717, 1.165) is 5.56 Å². The first-order chi connectivity index (χ1) is 8.59. The van der Waals surface area contributed by atoms with Crippen LogP contribution in [0.2, 0.25) is 0 Å². The number of Topliss-reactive ketones (excluding diaryl/α,β-unsaturated/α-hetero) is 1. The lowest BCUT2D eigenvalue weighted by Crippen LogP contribution is -2.12. The molecular weight excluding hydrogens is 229 g/mol. The second-order valence-corrected chi connectivity index (χ2v) is 4.32. The van der Waals surface area contributed by atoms with Crippen molar-refractivity contribution in [1.82, 2.24) is 4.98 Å². The molecule has 0 bridgehead atoms. The Morgan fingerprint density at radius 1 is 1.28 bits per heavy atom. The van der Waals surface area contributed by atoms with Gasteiger partial charge in [0.1, 0.15) is 5.82 Å². The number of halogens is 1. The van der Waals surface area contributed by atoms with Crippen molar-refractivity contribution < 1.29 is 9.18 Å². The summed E-state index contributed by atoms with van der Waals surface area (Å²) in [7, 11) is 0. The maximum atomic E-state index is 13.7. The number of rotatable bonds is 3. The summed E-state index contributed by atoms with van der Waals surface area (Å²) in [5, 5.41) is 0. The average molecular weight is 243 g/mol. The molecule has 0 saturated heterocycles. The van der Waals surface area contributed by atoms with Crippen molar-refractivity contribution in [2.75, 3.05) is 0 Å². The highest BCUT2D eigenvalue weighted by Crippen LogP contribution is 2.20. The maximum Gasteiger partial charge on any atom is 0.174 e. The average Bonchev–Trinajstić information content (AvgIpc) is 2.38. The molecule has 0 saturated carbocycles. The van der Waals surface area contributed by atoms with Gasteiger partial charge in [-0.05, 0) is 43.7 Å². The molecule has 0 aliphatic rings. The lowest BCUT2D eigenvalue weighted by molar-refractivity contribution is 0.0960. The van der Waals surface area contributed by atoms with E-state index in [2.05, 4.69) is 4.98 Å². The Bertz CT molecular complexity index is 566. The van der Waals surface area contributed by atoms with E-state index in [1.807, 2.05) is 6.07 Å².